The molecule has 1 aliphatic rings. The van der Waals surface area contributed by atoms with E-state index in [1.165, 1.54) is 0 Å². The molecule has 0 N–H and O–H groups in total. The molecule has 2 atom stereocenters. The van der Waals surface area contributed by atoms with Crippen molar-refractivity contribution in [3.63, 3.8) is 0 Å². The summed E-state index contributed by atoms with van der Waals surface area (Å²) in [6.07, 6.45) is 5.55. The molecule has 2 rings (SSSR count). The van der Waals surface area contributed by atoms with E-state index in [9.17, 15) is 4.79 Å². The Morgan fingerprint density at radius 3 is 2.88 bits per heavy atom. The van der Waals surface area contributed by atoms with Crippen LogP contribution in [0.5, 0.6) is 0 Å². The Kier molecular flexibility index (Phi) is 3.59. The maximum Gasteiger partial charge on any atom is 0.236 e. The Morgan fingerprint density at radius 2 is 2.19 bits per heavy atom. The molecule has 1 aromatic heterocycles. The highest BCUT2D eigenvalue weighted by Gasteiger charge is 2.30. The first-order valence-corrected chi connectivity index (χ1v) is 6.46. The summed E-state index contributed by atoms with van der Waals surface area (Å²) in [5, 5.41) is 0. The molecule has 2 unspecified atom stereocenters. The van der Waals surface area contributed by atoms with Crippen LogP contribution in [0.3, 0.4) is 0 Å². The summed E-state index contributed by atoms with van der Waals surface area (Å²) in [7, 11) is 0. The van der Waals surface area contributed by atoms with Gasteiger partial charge in [0.1, 0.15) is 0 Å². The maximum atomic E-state index is 12.0. The second-order valence-electron chi connectivity index (χ2n) is 4.10. The highest BCUT2D eigenvalue weighted by molar-refractivity contribution is 9.10. The number of rotatable bonds is 2. The number of aromatic nitrogens is 1. The predicted octanol–water partition coefficient (Wildman–Crippen LogP) is 2.53. The van der Waals surface area contributed by atoms with E-state index in [-0.39, 0.29) is 16.8 Å². The lowest BCUT2D eigenvalue weighted by molar-refractivity contribution is -0.134. The van der Waals surface area contributed by atoms with Crippen LogP contribution < -0.4 is 0 Å². The second-order valence-corrected chi connectivity index (χ2v) is 5.20. The average molecular weight is 283 g/mol. The van der Waals surface area contributed by atoms with Crippen LogP contribution in [-0.4, -0.2) is 27.2 Å². The molecule has 16 heavy (non-hydrogen) atoms. The van der Waals surface area contributed by atoms with Gasteiger partial charge in [0.15, 0.2) is 0 Å². The van der Waals surface area contributed by atoms with Gasteiger partial charge in [-0.25, -0.2) is 0 Å². The molecule has 0 spiro atoms. The Bertz CT molecular complexity index is 369. The normalized spacial score (nSPS) is 23.2. The van der Waals surface area contributed by atoms with E-state index in [0.29, 0.717) is 0 Å². The van der Waals surface area contributed by atoms with Gasteiger partial charge < -0.3 is 4.90 Å². The Balaban J connectivity index is 2.15. The van der Waals surface area contributed by atoms with Gasteiger partial charge in [0.2, 0.25) is 5.91 Å². The van der Waals surface area contributed by atoms with Crippen LogP contribution in [0.25, 0.3) is 0 Å². The van der Waals surface area contributed by atoms with Gasteiger partial charge in [-0.1, -0.05) is 15.9 Å². The Hall–Kier alpha value is -0.900. The van der Waals surface area contributed by atoms with Crippen molar-refractivity contribution in [2.45, 2.75) is 30.6 Å². The minimum Gasteiger partial charge on any atom is -0.335 e. The van der Waals surface area contributed by atoms with Crippen molar-refractivity contribution < 1.29 is 4.79 Å². The van der Waals surface area contributed by atoms with Gasteiger partial charge in [0.25, 0.3) is 0 Å². The summed E-state index contributed by atoms with van der Waals surface area (Å²) < 4.78 is 0. The molecule has 1 fully saturated rings. The number of carbonyl (C=O) groups excluding carboxylic acids is 1. The van der Waals surface area contributed by atoms with Gasteiger partial charge in [0.05, 0.1) is 10.9 Å². The highest BCUT2D eigenvalue weighted by atomic mass is 79.9. The molecule has 0 radical (unpaired) electrons. The van der Waals surface area contributed by atoms with Crippen molar-refractivity contribution in [1.82, 2.24) is 9.88 Å². The lowest BCUT2D eigenvalue weighted by atomic mass is 10.0. The number of amides is 1. The minimum absolute atomic E-state index is 0.00876. The summed E-state index contributed by atoms with van der Waals surface area (Å²) in [5.74, 6) is 0.204. The van der Waals surface area contributed by atoms with Gasteiger partial charge in [-0.3, -0.25) is 9.78 Å². The number of piperidine rings is 1. The summed E-state index contributed by atoms with van der Waals surface area (Å²) >= 11 is 3.43. The molecular formula is C12H15BrN2O. The number of hydrogen-bond acceptors (Lipinski definition) is 2. The largest absolute Gasteiger partial charge is 0.335 e. The molecule has 3 nitrogen and oxygen atoms in total. The number of alkyl halides is 1. The van der Waals surface area contributed by atoms with E-state index in [1.54, 1.807) is 12.4 Å². The molecule has 2 heterocycles. The average Bonchev–Trinajstić information content (AvgIpc) is 2.33. The SMILES string of the molecule is CC(c1ccncc1)N1CCCC(Br)C1=O. The van der Waals surface area contributed by atoms with Crippen LogP contribution in [0.15, 0.2) is 24.5 Å². The Morgan fingerprint density at radius 1 is 1.50 bits per heavy atom. The molecule has 1 aliphatic heterocycles. The Labute approximate surface area is 104 Å². The number of halogens is 1. The number of carbonyl (C=O) groups is 1. The zero-order valence-electron chi connectivity index (χ0n) is 9.27. The van der Waals surface area contributed by atoms with Crippen molar-refractivity contribution in [3.8, 4) is 0 Å². The first-order valence-electron chi connectivity index (χ1n) is 5.54. The van der Waals surface area contributed by atoms with Gasteiger partial charge in [-0.2, -0.15) is 0 Å². The zero-order chi connectivity index (χ0) is 11.5. The molecular weight excluding hydrogens is 268 g/mol. The second kappa shape index (κ2) is 4.95. The standard InChI is InChI=1S/C12H15BrN2O/c1-9(10-4-6-14-7-5-10)15-8-2-3-11(13)12(15)16/h4-7,9,11H,2-3,8H2,1H3. The van der Waals surface area contributed by atoms with Crippen LogP contribution in [0.1, 0.15) is 31.4 Å². The first kappa shape index (κ1) is 11.6. The number of pyridine rings is 1. The first-order chi connectivity index (χ1) is 7.70. The molecule has 0 saturated carbocycles. The molecule has 1 amide bonds. The van der Waals surface area contributed by atoms with Crippen LogP contribution in [-0.2, 0) is 4.79 Å². The predicted molar refractivity (Wildman–Crippen MR) is 66.3 cm³/mol. The number of likely N-dealkylation sites (tertiary alicyclic amines) is 1. The van der Waals surface area contributed by atoms with Crippen molar-refractivity contribution in [2.24, 2.45) is 0 Å². The lowest BCUT2D eigenvalue weighted by Crippen LogP contribution is -2.43. The van der Waals surface area contributed by atoms with E-state index in [4.69, 9.17) is 0 Å². The highest BCUT2D eigenvalue weighted by Crippen LogP contribution is 2.27. The van der Waals surface area contributed by atoms with Crippen LogP contribution in [0, 0.1) is 0 Å². The fraction of sp³-hybridized carbons (Fsp3) is 0.500. The molecule has 0 aliphatic carbocycles. The minimum atomic E-state index is -0.00876. The zero-order valence-corrected chi connectivity index (χ0v) is 10.9. The van der Waals surface area contributed by atoms with Crippen molar-refractivity contribution in [1.29, 1.82) is 0 Å². The van der Waals surface area contributed by atoms with Gasteiger partial charge >= 0.3 is 0 Å². The fourth-order valence-corrected chi connectivity index (χ4v) is 2.65. The smallest absolute Gasteiger partial charge is 0.236 e. The van der Waals surface area contributed by atoms with Crippen LogP contribution >= 0.6 is 15.9 Å². The van der Waals surface area contributed by atoms with E-state index in [0.717, 1.165) is 24.9 Å². The summed E-state index contributed by atoms with van der Waals surface area (Å²) in [6, 6.07) is 4.07. The number of hydrogen-bond donors (Lipinski definition) is 0. The molecule has 0 bridgehead atoms. The summed E-state index contributed by atoms with van der Waals surface area (Å²) in [6.45, 7) is 2.92. The van der Waals surface area contributed by atoms with Gasteiger partial charge in [0, 0.05) is 18.9 Å². The summed E-state index contributed by atoms with van der Waals surface area (Å²) in [4.78, 5) is 17.9. The maximum absolute atomic E-state index is 12.0. The third-order valence-electron chi connectivity index (χ3n) is 3.06. The topological polar surface area (TPSA) is 33.2 Å². The van der Waals surface area contributed by atoms with Crippen LogP contribution in [0.2, 0.25) is 0 Å². The number of nitrogens with zero attached hydrogens (tertiary/aromatic N) is 2. The summed E-state index contributed by atoms with van der Waals surface area (Å²) in [5.41, 5.74) is 1.14. The third kappa shape index (κ3) is 2.26. The monoisotopic (exact) mass is 282 g/mol. The lowest BCUT2D eigenvalue weighted by Gasteiger charge is -2.35. The van der Waals surface area contributed by atoms with Crippen molar-refractivity contribution in [3.05, 3.63) is 30.1 Å². The molecule has 0 aromatic carbocycles. The van der Waals surface area contributed by atoms with Crippen molar-refractivity contribution >= 4 is 21.8 Å². The van der Waals surface area contributed by atoms with E-state index >= 15 is 0 Å². The fourth-order valence-electron chi connectivity index (χ4n) is 2.06. The van der Waals surface area contributed by atoms with E-state index in [1.807, 2.05) is 17.0 Å². The van der Waals surface area contributed by atoms with Crippen LogP contribution in [0.4, 0.5) is 0 Å². The van der Waals surface area contributed by atoms with E-state index < -0.39 is 0 Å². The molecule has 1 aromatic rings. The van der Waals surface area contributed by atoms with E-state index in [2.05, 4.69) is 27.8 Å². The van der Waals surface area contributed by atoms with Gasteiger partial charge in [-0.05, 0) is 37.5 Å². The van der Waals surface area contributed by atoms with Crippen molar-refractivity contribution in [2.75, 3.05) is 6.54 Å². The molecule has 4 heteroatoms. The molecule has 1 saturated heterocycles. The van der Waals surface area contributed by atoms with Gasteiger partial charge in [-0.15, -0.1) is 0 Å². The molecule has 86 valence electrons. The quantitative estimate of drug-likeness (QED) is 0.781. The third-order valence-corrected chi connectivity index (χ3v) is 3.91.